The molecule has 6 nitrogen and oxygen atoms in total. The Balaban J connectivity index is 1.99. The van der Waals surface area contributed by atoms with Crippen LogP contribution in [-0.4, -0.2) is 51.9 Å². The van der Waals surface area contributed by atoms with Crippen LogP contribution in [0.25, 0.3) is 0 Å². The first-order valence-corrected chi connectivity index (χ1v) is 6.25. The van der Waals surface area contributed by atoms with E-state index in [2.05, 4.69) is 4.98 Å². The Labute approximate surface area is 111 Å². The fourth-order valence-electron chi connectivity index (χ4n) is 2.37. The first-order valence-electron chi connectivity index (χ1n) is 6.25. The lowest BCUT2D eigenvalue weighted by atomic mass is 10.1. The van der Waals surface area contributed by atoms with Crippen molar-refractivity contribution in [2.24, 2.45) is 5.73 Å². The highest BCUT2D eigenvalue weighted by molar-refractivity contribution is 5.99. The second-order valence-electron chi connectivity index (χ2n) is 4.68. The van der Waals surface area contributed by atoms with Gasteiger partial charge >= 0.3 is 0 Å². The van der Waals surface area contributed by atoms with Crippen molar-refractivity contribution in [1.29, 1.82) is 0 Å². The van der Waals surface area contributed by atoms with E-state index in [9.17, 15) is 14.7 Å². The second-order valence-corrected chi connectivity index (χ2v) is 4.68. The molecule has 0 aromatic carbocycles. The number of hydrogen-bond donors (Lipinski definition) is 2. The fraction of sp³-hybridized carbons (Fsp3) is 0.462. The molecule has 2 rings (SSSR count). The van der Waals surface area contributed by atoms with Crippen molar-refractivity contribution in [2.45, 2.75) is 25.0 Å². The van der Waals surface area contributed by atoms with Crippen LogP contribution in [0, 0.1) is 0 Å². The summed E-state index contributed by atoms with van der Waals surface area (Å²) in [7, 11) is 0. The van der Waals surface area contributed by atoms with Gasteiger partial charge in [0.05, 0.1) is 6.04 Å². The molecule has 1 aliphatic rings. The number of pyridine rings is 1. The number of carbonyl (C=O) groups is 2. The highest BCUT2D eigenvalue weighted by atomic mass is 16.3. The van der Waals surface area contributed by atoms with Crippen LogP contribution in [0.1, 0.15) is 23.2 Å². The Kier molecular flexibility index (Phi) is 4.24. The summed E-state index contributed by atoms with van der Waals surface area (Å²) in [5.41, 5.74) is 5.66. The number of β-amino-alcohol motifs (C(OH)–C–C–N with tert-alkyl or cyclic N) is 1. The third kappa shape index (κ3) is 3.15. The molecule has 1 aromatic rings. The van der Waals surface area contributed by atoms with Gasteiger partial charge in [0.1, 0.15) is 6.10 Å². The molecule has 0 saturated carbocycles. The van der Waals surface area contributed by atoms with E-state index in [1.54, 1.807) is 23.2 Å². The van der Waals surface area contributed by atoms with E-state index in [4.69, 9.17) is 5.73 Å². The predicted molar refractivity (Wildman–Crippen MR) is 68.4 cm³/mol. The van der Waals surface area contributed by atoms with E-state index >= 15 is 0 Å². The standard InChI is InChI=1S/C13H17N3O3/c14-13(19)10-4-2-6-16(10)8-11(17)12(18)9-3-1-5-15-7-9/h1,3,5,7,10-11,17H,2,4,6,8H2,(H2,14,19). The number of aliphatic hydroxyl groups is 1. The molecule has 2 heterocycles. The summed E-state index contributed by atoms with van der Waals surface area (Å²) in [5, 5.41) is 9.96. The van der Waals surface area contributed by atoms with Gasteiger partial charge in [-0.25, -0.2) is 0 Å². The molecule has 0 bridgehead atoms. The number of primary amides is 1. The normalized spacial score (nSPS) is 21.2. The first-order chi connectivity index (χ1) is 9.09. The number of rotatable bonds is 5. The minimum Gasteiger partial charge on any atom is -0.384 e. The minimum atomic E-state index is -1.16. The summed E-state index contributed by atoms with van der Waals surface area (Å²) in [5.74, 6) is -0.790. The molecule has 2 unspecified atom stereocenters. The number of amides is 1. The van der Waals surface area contributed by atoms with Crippen LogP contribution >= 0.6 is 0 Å². The lowest BCUT2D eigenvalue weighted by Crippen LogP contribution is -2.45. The minimum absolute atomic E-state index is 0.126. The topological polar surface area (TPSA) is 96.5 Å². The Bertz CT molecular complexity index is 463. The second kappa shape index (κ2) is 5.90. The fourth-order valence-corrected chi connectivity index (χ4v) is 2.37. The van der Waals surface area contributed by atoms with E-state index in [-0.39, 0.29) is 18.4 Å². The number of Topliss-reactive ketones (excluding diaryl/α,β-unsaturated/α-hetero) is 1. The van der Waals surface area contributed by atoms with Gasteiger partial charge in [-0.15, -0.1) is 0 Å². The molecule has 0 aliphatic carbocycles. The van der Waals surface area contributed by atoms with Gasteiger partial charge in [-0.3, -0.25) is 19.5 Å². The molecule has 1 aromatic heterocycles. The molecule has 6 heteroatoms. The smallest absolute Gasteiger partial charge is 0.234 e. The van der Waals surface area contributed by atoms with E-state index in [0.29, 0.717) is 18.5 Å². The van der Waals surface area contributed by atoms with E-state index in [1.165, 1.54) is 6.20 Å². The van der Waals surface area contributed by atoms with Gasteiger partial charge in [-0.2, -0.15) is 0 Å². The molecule has 2 atom stereocenters. The van der Waals surface area contributed by atoms with Crippen LogP contribution in [0.2, 0.25) is 0 Å². The highest BCUT2D eigenvalue weighted by Gasteiger charge is 2.32. The van der Waals surface area contributed by atoms with Gasteiger partial charge in [-0.05, 0) is 31.5 Å². The largest absolute Gasteiger partial charge is 0.384 e. The van der Waals surface area contributed by atoms with Gasteiger partial charge in [-0.1, -0.05) is 0 Å². The molecular weight excluding hydrogens is 246 g/mol. The molecule has 0 spiro atoms. The number of nitrogens with zero attached hydrogens (tertiary/aromatic N) is 2. The summed E-state index contributed by atoms with van der Waals surface area (Å²) in [6.45, 7) is 0.798. The SMILES string of the molecule is NC(=O)C1CCCN1CC(O)C(=O)c1cccnc1. The van der Waals surface area contributed by atoms with Crippen molar-refractivity contribution in [1.82, 2.24) is 9.88 Å². The van der Waals surface area contributed by atoms with Crippen molar-refractivity contribution >= 4 is 11.7 Å². The monoisotopic (exact) mass is 263 g/mol. The highest BCUT2D eigenvalue weighted by Crippen LogP contribution is 2.17. The maximum Gasteiger partial charge on any atom is 0.234 e. The number of likely N-dealkylation sites (tertiary alicyclic amines) is 1. The van der Waals surface area contributed by atoms with Crippen LogP contribution in [0.15, 0.2) is 24.5 Å². The zero-order chi connectivity index (χ0) is 13.8. The first kappa shape index (κ1) is 13.6. The molecule has 1 saturated heterocycles. The number of ketones is 1. The van der Waals surface area contributed by atoms with E-state index in [0.717, 1.165) is 6.42 Å². The Morgan fingerprint density at radius 1 is 1.58 bits per heavy atom. The zero-order valence-corrected chi connectivity index (χ0v) is 10.5. The number of nitrogens with two attached hydrogens (primary N) is 1. The summed E-state index contributed by atoms with van der Waals surface area (Å²) >= 11 is 0. The number of aliphatic hydroxyl groups excluding tert-OH is 1. The van der Waals surface area contributed by atoms with Crippen LogP contribution in [0.5, 0.6) is 0 Å². The van der Waals surface area contributed by atoms with Crippen molar-refractivity contribution < 1.29 is 14.7 Å². The van der Waals surface area contributed by atoms with Gasteiger partial charge in [0, 0.05) is 24.5 Å². The molecule has 1 amide bonds. The van der Waals surface area contributed by atoms with Gasteiger partial charge < -0.3 is 10.8 Å². The molecule has 19 heavy (non-hydrogen) atoms. The average molecular weight is 263 g/mol. The van der Waals surface area contributed by atoms with E-state index in [1.807, 2.05) is 0 Å². The van der Waals surface area contributed by atoms with Gasteiger partial charge in [0.2, 0.25) is 5.91 Å². The lowest BCUT2D eigenvalue weighted by Gasteiger charge is -2.23. The van der Waals surface area contributed by atoms with Crippen molar-refractivity contribution in [3.05, 3.63) is 30.1 Å². The van der Waals surface area contributed by atoms with Crippen LogP contribution in [0.3, 0.4) is 0 Å². The number of aromatic nitrogens is 1. The van der Waals surface area contributed by atoms with Crippen LogP contribution in [-0.2, 0) is 4.79 Å². The van der Waals surface area contributed by atoms with Crippen LogP contribution < -0.4 is 5.73 Å². The average Bonchev–Trinajstić information content (AvgIpc) is 2.87. The maximum atomic E-state index is 12.0. The van der Waals surface area contributed by atoms with Crippen LogP contribution in [0.4, 0.5) is 0 Å². The van der Waals surface area contributed by atoms with Crippen molar-refractivity contribution in [2.75, 3.05) is 13.1 Å². The third-order valence-electron chi connectivity index (χ3n) is 3.35. The number of hydrogen-bond acceptors (Lipinski definition) is 5. The third-order valence-corrected chi connectivity index (χ3v) is 3.35. The van der Waals surface area contributed by atoms with E-state index < -0.39 is 12.0 Å². The van der Waals surface area contributed by atoms with Gasteiger partial charge in [0.25, 0.3) is 0 Å². The Morgan fingerprint density at radius 2 is 2.37 bits per heavy atom. The lowest BCUT2D eigenvalue weighted by molar-refractivity contribution is -0.122. The quantitative estimate of drug-likeness (QED) is 0.703. The summed E-state index contributed by atoms with van der Waals surface area (Å²) in [6, 6.07) is 2.87. The summed E-state index contributed by atoms with van der Waals surface area (Å²) < 4.78 is 0. The van der Waals surface area contributed by atoms with Crippen molar-refractivity contribution in [3.8, 4) is 0 Å². The van der Waals surface area contributed by atoms with Crippen molar-refractivity contribution in [3.63, 3.8) is 0 Å². The molecule has 1 aliphatic heterocycles. The Morgan fingerprint density at radius 3 is 3.00 bits per heavy atom. The maximum absolute atomic E-state index is 12.0. The predicted octanol–water partition coefficient (Wildman–Crippen LogP) is -0.425. The molecule has 0 radical (unpaired) electrons. The summed E-state index contributed by atoms with van der Waals surface area (Å²) in [6.07, 6.45) is 3.35. The zero-order valence-electron chi connectivity index (χ0n) is 10.5. The number of carbonyl (C=O) groups excluding carboxylic acids is 2. The molecule has 3 N–H and O–H groups in total. The molecular formula is C13H17N3O3. The Hall–Kier alpha value is -1.79. The molecule has 1 fully saturated rings. The van der Waals surface area contributed by atoms with Gasteiger partial charge in [0.15, 0.2) is 5.78 Å². The molecule has 102 valence electrons. The summed E-state index contributed by atoms with van der Waals surface area (Å²) in [4.78, 5) is 28.8.